The maximum absolute atomic E-state index is 9.21. The second-order valence-corrected chi connectivity index (χ2v) is 25.2. The summed E-state index contributed by atoms with van der Waals surface area (Å²) in [7, 11) is 0. The molecule has 0 aliphatic carbocycles. The molecule has 6 aliphatic heterocycles. The number of hydrogen-bond donors (Lipinski definition) is 0. The molecule has 11 aromatic rings. The number of anilines is 18. The van der Waals surface area contributed by atoms with E-state index in [2.05, 4.69) is 46.2 Å². The Morgan fingerprint density at radius 1 is 0.280 bits per heavy atom. The van der Waals surface area contributed by atoms with Gasteiger partial charge in [0.2, 0.25) is 0 Å². The molecule has 8 bridgehead atoms. The molecule has 6 heterocycles. The molecule has 6 aliphatic rings. The van der Waals surface area contributed by atoms with Crippen molar-refractivity contribution in [2.45, 2.75) is 0 Å². The van der Waals surface area contributed by atoms with Crippen LogP contribution in [-0.2, 0) is 35.3 Å². The van der Waals surface area contributed by atoms with Gasteiger partial charge in [0.1, 0.15) is 0 Å². The number of fused-ring (bicyclic) bond motifs is 28. The van der Waals surface area contributed by atoms with Crippen LogP contribution in [0.1, 0.15) is 16.4 Å². The van der Waals surface area contributed by atoms with Gasteiger partial charge in [0, 0.05) is 0 Å². The van der Waals surface area contributed by atoms with E-state index in [-0.39, 0.29) is 0 Å². The van der Waals surface area contributed by atoms with Gasteiger partial charge in [-0.2, -0.15) is 0 Å². The minimum atomic E-state index is -2.70. The second kappa shape index (κ2) is 18.2. The fourth-order valence-corrected chi connectivity index (χ4v) is 17.9. The van der Waals surface area contributed by atoms with Crippen LogP contribution < -0.4 is 49.0 Å². The molecule has 0 spiro atoms. The van der Waals surface area contributed by atoms with Crippen molar-refractivity contribution >= 4 is 141 Å². The SMILES string of the molecule is [2H]C([2H])([2H])N1[C]2=[Pt]=[C]3N(c4ccccc4N3C([2H])([2H])[2H])c3[c-]c(cc4ccccc34)N(c3ccc(N4c5[c-]c(ccc5)N5[C](=[Pt]=[C]6N(c7ccccc7N6C([2H])([2H])[2H])c6[c-]c4cc4ccccc64)N(C([2H])([2H])[2H])c4ccccc45)cc3)c3[c-]c(ccc3)N2c2ccccc21. The van der Waals surface area contributed by atoms with Gasteiger partial charge in [-0.1, -0.05) is 0 Å². The zero-order chi connectivity index (χ0) is 64.5. The molecule has 402 valence electrons. The molecule has 0 radical (unpaired) electrons. The van der Waals surface area contributed by atoms with E-state index < -0.39 is 63.2 Å². The van der Waals surface area contributed by atoms with E-state index in [0.717, 1.165) is 21.5 Å². The summed E-state index contributed by atoms with van der Waals surface area (Å²) in [6.07, 6.45) is 0. The van der Waals surface area contributed by atoms with E-state index in [0.29, 0.717) is 119 Å². The Hall–Kier alpha value is -9.20. The first-order valence-electron chi connectivity index (χ1n) is 32.3. The van der Waals surface area contributed by atoms with Crippen molar-refractivity contribution in [3.05, 3.63) is 243 Å². The summed E-state index contributed by atoms with van der Waals surface area (Å²) in [6.45, 7) is -10.8. The molecule has 82 heavy (non-hydrogen) atoms. The van der Waals surface area contributed by atoms with Crippen molar-refractivity contribution in [1.82, 2.24) is 0 Å². The predicted octanol–water partition coefficient (Wildman–Crippen LogP) is 15.0. The van der Waals surface area contributed by atoms with Crippen molar-refractivity contribution in [3.8, 4) is 0 Å². The van der Waals surface area contributed by atoms with Gasteiger partial charge < -0.3 is 0 Å². The maximum atomic E-state index is 9.21. The fourth-order valence-electron chi connectivity index (χ4n) is 11.8. The van der Waals surface area contributed by atoms with Crippen LogP contribution in [0.2, 0.25) is 0 Å². The van der Waals surface area contributed by atoms with E-state index in [4.69, 9.17) is 8.22 Å². The molecule has 12 heteroatoms. The van der Waals surface area contributed by atoms with E-state index in [1.54, 1.807) is 24.3 Å². The quantitative estimate of drug-likeness (QED) is 0.156. The summed E-state index contributed by atoms with van der Waals surface area (Å²) in [5.41, 5.74) is 10.1. The van der Waals surface area contributed by atoms with Crippen LogP contribution in [0.3, 0.4) is 0 Å². The molecule has 0 fully saturated rings. The first-order chi connectivity index (χ1) is 45.2. The zero-order valence-electron chi connectivity index (χ0n) is 54.9. The van der Waals surface area contributed by atoms with Gasteiger partial charge in [-0.15, -0.1) is 0 Å². The van der Waals surface area contributed by atoms with Gasteiger partial charge in [0.25, 0.3) is 0 Å². The number of benzene rings is 11. The number of rotatable bonds is 2. The summed E-state index contributed by atoms with van der Waals surface area (Å²) in [5, 5.41) is 3.24. The van der Waals surface area contributed by atoms with Gasteiger partial charge in [-0.3, -0.25) is 0 Å². The molecule has 0 unspecified atom stereocenters. The predicted molar refractivity (Wildman–Crippen MR) is 334 cm³/mol. The van der Waals surface area contributed by atoms with Gasteiger partial charge in [-0.05, 0) is 0 Å². The van der Waals surface area contributed by atoms with Crippen molar-refractivity contribution < 1.29 is 51.7 Å². The third-order valence-electron chi connectivity index (χ3n) is 15.4. The first kappa shape index (κ1) is 36.9. The Balaban J connectivity index is 0.910. The fraction of sp³-hybridized carbons (Fsp3) is 0.0571. The summed E-state index contributed by atoms with van der Waals surface area (Å²) >= 11 is -3.50. The molecule has 0 atom stereocenters. The molecular formula is C70H48N10Pt2-4. The van der Waals surface area contributed by atoms with E-state index in [1.807, 2.05) is 202 Å². The van der Waals surface area contributed by atoms with Gasteiger partial charge >= 0.3 is 512 Å². The average Bonchev–Trinajstić information content (AvgIpc) is 1.54. The van der Waals surface area contributed by atoms with Crippen LogP contribution in [0.4, 0.5) is 102 Å². The van der Waals surface area contributed by atoms with Crippen molar-refractivity contribution in [1.29, 1.82) is 0 Å². The van der Waals surface area contributed by atoms with Crippen LogP contribution in [0.5, 0.6) is 0 Å². The van der Waals surface area contributed by atoms with Crippen LogP contribution in [0.15, 0.2) is 218 Å². The summed E-state index contributed by atoms with van der Waals surface area (Å²) in [4.78, 5) is 17.4. The van der Waals surface area contributed by atoms with Crippen molar-refractivity contribution in [3.63, 3.8) is 0 Å². The zero-order valence-corrected chi connectivity index (χ0v) is 47.4. The van der Waals surface area contributed by atoms with Crippen LogP contribution in [-0.4, -0.2) is 44.5 Å². The number of para-hydroxylation sites is 8. The Bertz CT molecular complexity index is 4870. The molecule has 0 saturated heterocycles. The molecule has 0 aromatic heterocycles. The minimum absolute atomic E-state index is 0.408. The third-order valence-corrected chi connectivity index (χ3v) is 21.5. The first-order valence-corrected chi connectivity index (χ1v) is 30.8. The molecule has 17 rings (SSSR count). The monoisotopic (exact) mass is 1430 g/mol. The topological polar surface area (TPSA) is 32.4 Å². The van der Waals surface area contributed by atoms with E-state index in [1.165, 1.54) is 19.6 Å². The van der Waals surface area contributed by atoms with E-state index >= 15 is 0 Å². The van der Waals surface area contributed by atoms with Crippen molar-refractivity contribution in [2.75, 3.05) is 76.9 Å². The molecule has 10 nitrogen and oxygen atoms in total. The molecule has 0 saturated carbocycles. The standard InChI is InChI=1S/C70H48N10.2Pt/c1-71-45-75(65-31-13-9-27-61(65)71)53-21-17-23-55(41-53)79(57-39-49-19-5-7-25-59(49)69(43-57)77-47-73(3)63-29-11-15-33-67(63)77)51-35-37-52(38-36-51)80(56-24-18-22-54(42-56)76-46-72(2)62-28-10-14-32-66(62)76)58-40-50-20-6-8-26-60(50)70(44-58)78-48-74(4)64-30-12-16-34-68(64)78;;/h5-40H,1-4H3;;/q-4;;/i1D3,2D3,3D3,4D3;;. The Kier molecular flexibility index (Phi) is 8.18. The molecular weight excluding hydrogens is 1370 g/mol. The Morgan fingerprint density at radius 2 is 0.585 bits per heavy atom. The Morgan fingerprint density at radius 3 is 0.951 bits per heavy atom. The van der Waals surface area contributed by atoms with Gasteiger partial charge in [0.05, 0.1) is 0 Å². The number of hydrogen-bond acceptors (Lipinski definition) is 10. The van der Waals surface area contributed by atoms with Crippen LogP contribution in [0.25, 0.3) is 21.5 Å². The van der Waals surface area contributed by atoms with Crippen molar-refractivity contribution in [2.24, 2.45) is 0 Å². The van der Waals surface area contributed by atoms with Gasteiger partial charge in [-0.25, -0.2) is 0 Å². The van der Waals surface area contributed by atoms with Gasteiger partial charge in [0.15, 0.2) is 0 Å². The number of nitrogens with zero attached hydrogens (tertiary/aromatic N) is 10. The van der Waals surface area contributed by atoms with Crippen LogP contribution in [0, 0.1) is 24.3 Å². The summed E-state index contributed by atoms with van der Waals surface area (Å²) < 4.78 is 112. The average molecular weight is 1430 g/mol. The van der Waals surface area contributed by atoms with E-state index in [9.17, 15) is 8.22 Å². The molecule has 0 amide bonds. The normalized spacial score (nSPS) is 18.6. The molecule has 0 N–H and O–H groups in total. The second-order valence-electron chi connectivity index (χ2n) is 20.0. The van der Waals surface area contributed by atoms with Crippen LogP contribution >= 0.6 is 0 Å². The Labute approximate surface area is 508 Å². The third kappa shape index (κ3) is 6.95. The summed E-state index contributed by atoms with van der Waals surface area (Å²) in [6, 6.07) is 84.2. The summed E-state index contributed by atoms with van der Waals surface area (Å²) in [5.74, 6) is 0. The molecule has 11 aromatic carbocycles.